The number of nitrogens with zero attached hydrogens (tertiary/aromatic N) is 2. The fourth-order valence-corrected chi connectivity index (χ4v) is 8.23. The van der Waals surface area contributed by atoms with Crippen LogP contribution < -0.4 is 10.5 Å². The Balaban J connectivity index is 1.61. The van der Waals surface area contributed by atoms with Gasteiger partial charge in [0, 0.05) is 54.3 Å². The van der Waals surface area contributed by atoms with Crippen LogP contribution >= 0.6 is 11.6 Å². The number of ether oxygens (including phenoxy) is 1. The minimum Gasteiger partial charge on any atom is -0.504 e. The molecular weight excluding hydrogens is 688 g/mol. The fourth-order valence-electron chi connectivity index (χ4n) is 8.05. The number of carbonyl (C=O) groups excluding carboxylic acids is 2. The third-order valence-electron chi connectivity index (χ3n) is 10.3. The minimum absolute atomic E-state index is 0.0254. The van der Waals surface area contributed by atoms with E-state index >= 15 is 0 Å². The molecule has 5 rings (SSSR count). The van der Waals surface area contributed by atoms with Crippen LogP contribution in [0.2, 0.25) is 5.02 Å². The predicted molar refractivity (Wildman–Crippen MR) is 198 cm³/mol. The molecule has 278 valence electrons. The maximum absolute atomic E-state index is 14.6. The molecule has 0 radical (unpaired) electrons. The first-order chi connectivity index (χ1) is 24.8. The maximum atomic E-state index is 14.6. The van der Waals surface area contributed by atoms with E-state index < -0.39 is 41.0 Å². The number of aliphatic hydroxyl groups excluding tert-OH is 1. The second-order valence-electron chi connectivity index (χ2n) is 14.0. The van der Waals surface area contributed by atoms with Gasteiger partial charge in [0.1, 0.15) is 11.6 Å². The van der Waals surface area contributed by atoms with Crippen LogP contribution in [0.15, 0.2) is 77.9 Å². The van der Waals surface area contributed by atoms with E-state index in [-0.39, 0.29) is 42.4 Å². The van der Waals surface area contributed by atoms with Crippen molar-refractivity contribution in [2.75, 3.05) is 33.3 Å². The number of hydrogen-bond acceptors (Lipinski definition) is 6. The minimum atomic E-state index is -1.60. The van der Waals surface area contributed by atoms with Crippen molar-refractivity contribution in [2.24, 2.45) is 17.1 Å². The Bertz CT molecular complexity index is 1840. The number of amides is 2. The molecule has 1 aliphatic carbocycles. The molecule has 1 aliphatic heterocycles. The molecule has 0 aromatic heterocycles. The molecule has 0 fully saturated rings. The van der Waals surface area contributed by atoms with E-state index in [1.54, 1.807) is 42.2 Å². The summed E-state index contributed by atoms with van der Waals surface area (Å²) in [6.07, 6.45) is 4.01. The lowest BCUT2D eigenvalue weighted by Crippen LogP contribution is -2.53. The Hall–Kier alpha value is -4.25. The Morgan fingerprint density at radius 3 is 2.40 bits per heavy atom. The van der Waals surface area contributed by atoms with E-state index in [9.17, 15) is 28.6 Å². The summed E-state index contributed by atoms with van der Waals surface area (Å²) in [7, 11) is 1.46. The van der Waals surface area contributed by atoms with Crippen molar-refractivity contribution in [1.29, 1.82) is 0 Å². The number of fused-ring (bicyclic) bond motifs is 1. The number of primary amides is 1. The quantitative estimate of drug-likeness (QED) is 0.166. The summed E-state index contributed by atoms with van der Waals surface area (Å²) in [6, 6.07) is 13.3. The van der Waals surface area contributed by atoms with Gasteiger partial charge in [-0.3, -0.25) is 14.5 Å². The van der Waals surface area contributed by atoms with Crippen LogP contribution in [0.3, 0.4) is 0 Å². The van der Waals surface area contributed by atoms with Crippen molar-refractivity contribution < 1.29 is 33.3 Å². The molecule has 4 N–H and O–H groups in total. The van der Waals surface area contributed by atoms with Crippen molar-refractivity contribution in [3.05, 3.63) is 117 Å². The number of carbonyl (C=O) groups is 2. The number of aromatic hydroxyl groups is 1. The summed E-state index contributed by atoms with van der Waals surface area (Å²) in [5.41, 5.74) is 8.29. The molecule has 0 bridgehead atoms. The molecule has 3 aromatic rings. The topological polar surface area (TPSA) is 116 Å². The molecule has 3 aromatic carbocycles. The highest BCUT2D eigenvalue weighted by molar-refractivity contribution is 6.30. The number of phenolic OH excluding ortho intramolecular Hbond substituents is 1. The van der Waals surface area contributed by atoms with Crippen molar-refractivity contribution in [2.45, 2.75) is 65.0 Å². The normalized spacial score (nSPS) is 20.0. The van der Waals surface area contributed by atoms with Crippen molar-refractivity contribution >= 4 is 23.4 Å². The number of phenols is 1. The van der Waals surface area contributed by atoms with Gasteiger partial charge in [-0.25, -0.2) is 8.78 Å². The number of methoxy groups -OCH3 is 1. The van der Waals surface area contributed by atoms with Crippen LogP contribution in [0.4, 0.5) is 8.78 Å². The average molecular weight is 736 g/mol. The van der Waals surface area contributed by atoms with Gasteiger partial charge in [0.15, 0.2) is 11.5 Å². The predicted octanol–water partition coefficient (Wildman–Crippen LogP) is 6.90. The molecule has 1 heterocycles. The molecule has 52 heavy (non-hydrogen) atoms. The third kappa shape index (κ3) is 8.19. The molecule has 8 nitrogen and oxygen atoms in total. The Kier molecular flexibility index (Phi) is 12.4. The highest BCUT2D eigenvalue weighted by Gasteiger charge is 2.49. The lowest BCUT2D eigenvalue weighted by Gasteiger charge is -2.45. The zero-order valence-electron chi connectivity index (χ0n) is 30.2. The van der Waals surface area contributed by atoms with Crippen LogP contribution in [0.25, 0.3) is 0 Å². The highest BCUT2D eigenvalue weighted by Crippen LogP contribution is 2.47. The van der Waals surface area contributed by atoms with Crippen LogP contribution in [0, 0.1) is 23.0 Å². The number of allylic oxidation sites excluding steroid dienone is 2. The lowest BCUT2D eigenvalue weighted by molar-refractivity contribution is -0.132. The summed E-state index contributed by atoms with van der Waals surface area (Å²) in [5, 5.41) is 24.3. The number of nitrogens with two attached hydrogens (primary N) is 1. The second-order valence-corrected chi connectivity index (χ2v) is 14.4. The summed E-state index contributed by atoms with van der Waals surface area (Å²) in [4.78, 5) is 31.6. The van der Waals surface area contributed by atoms with Crippen molar-refractivity contribution in [3.63, 3.8) is 0 Å². The van der Waals surface area contributed by atoms with Crippen LogP contribution in [-0.4, -0.2) is 71.2 Å². The lowest BCUT2D eigenvalue weighted by atomic mass is 9.63. The zero-order valence-corrected chi connectivity index (χ0v) is 30.9. The maximum Gasteiger partial charge on any atom is 0.249 e. The smallest absolute Gasteiger partial charge is 0.249 e. The first-order valence-corrected chi connectivity index (χ1v) is 18.2. The molecule has 2 aliphatic rings. The number of hydrogen-bond donors (Lipinski definition) is 3. The van der Waals surface area contributed by atoms with E-state index in [0.29, 0.717) is 47.8 Å². The van der Waals surface area contributed by atoms with Gasteiger partial charge >= 0.3 is 0 Å². The molecule has 11 heteroatoms. The summed E-state index contributed by atoms with van der Waals surface area (Å²) < 4.78 is 34.6. The van der Waals surface area contributed by atoms with Crippen LogP contribution in [0.5, 0.6) is 11.5 Å². The van der Waals surface area contributed by atoms with Gasteiger partial charge in [-0.15, -0.1) is 0 Å². The van der Waals surface area contributed by atoms with E-state index in [1.807, 2.05) is 36.9 Å². The number of β-amino-alcohol motifs (C(OH)–C–C–N with tert-alkyl or cyclic N) is 1. The third-order valence-corrected chi connectivity index (χ3v) is 10.5. The standard InChI is InChI=1S/C41H48ClF2N3O5/c1-5-13-46(14-6-2)39(50)28-16-25(3)22-41(23-28,40(45)51)34(19-26-17-30(43)21-31(44)18-26)35(48)24-47-15-12-27-10-11-29(42)20-33(27)37(47)32-8-7-9-36(52-4)38(32)49/h7-11,16-18,20-22,34-35,37,48-49H,5-6,12-15,19,23-24H2,1-4H3,(H2,45,51)/t34-,35+,37?,41?/m1/s1. The SMILES string of the molecule is CCCN(CCC)C(=O)C1=CC(C)=CC(C(N)=O)([C@H](Cc2cc(F)cc(F)c2)[C@@H](O)CN2CCc3ccc(Cl)cc3C2c2cccc(OC)c2O)C1. The largest absolute Gasteiger partial charge is 0.504 e. The molecule has 0 saturated heterocycles. The van der Waals surface area contributed by atoms with Gasteiger partial charge in [0.25, 0.3) is 0 Å². The number of rotatable bonds is 14. The van der Waals surface area contributed by atoms with E-state index in [1.165, 1.54) is 19.2 Å². The Labute approximate surface area is 309 Å². The van der Waals surface area contributed by atoms with Crippen molar-refractivity contribution in [3.8, 4) is 11.5 Å². The van der Waals surface area contributed by atoms with Gasteiger partial charge in [-0.05, 0) is 86.1 Å². The monoisotopic (exact) mass is 735 g/mol. The average Bonchev–Trinajstić information content (AvgIpc) is 3.09. The number of benzene rings is 3. The summed E-state index contributed by atoms with van der Waals surface area (Å²) in [6.45, 7) is 7.24. The molecule has 2 unspecified atom stereocenters. The van der Waals surface area contributed by atoms with E-state index in [0.717, 1.165) is 30.0 Å². The van der Waals surface area contributed by atoms with E-state index in [2.05, 4.69) is 0 Å². The molecule has 0 spiro atoms. The molecule has 4 atom stereocenters. The first-order valence-electron chi connectivity index (χ1n) is 17.8. The highest BCUT2D eigenvalue weighted by atomic mass is 35.5. The van der Waals surface area contributed by atoms with Crippen LogP contribution in [0.1, 0.15) is 68.3 Å². The fraction of sp³-hybridized carbons (Fsp3) is 0.415. The van der Waals surface area contributed by atoms with Gasteiger partial charge in [-0.2, -0.15) is 0 Å². The molecule has 2 amide bonds. The molecular formula is C41H48ClF2N3O5. The van der Waals surface area contributed by atoms with Crippen molar-refractivity contribution in [1.82, 2.24) is 9.80 Å². The second kappa shape index (κ2) is 16.6. The zero-order chi connectivity index (χ0) is 37.7. The van der Waals surface area contributed by atoms with E-state index in [4.69, 9.17) is 22.1 Å². The number of para-hydroxylation sites is 1. The van der Waals surface area contributed by atoms with Gasteiger partial charge in [0.2, 0.25) is 11.8 Å². The Morgan fingerprint density at radius 2 is 1.77 bits per heavy atom. The van der Waals surface area contributed by atoms with Crippen LogP contribution in [-0.2, 0) is 22.4 Å². The summed E-state index contributed by atoms with van der Waals surface area (Å²) >= 11 is 6.51. The van der Waals surface area contributed by atoms with Gasteiger partial charge in [0.05, 0.1) is 24.7 Å². The Morgan fingerprint density at radius 1 is 1.08 bits per heavy atom. The van der Waals surface area contributed by atoms with Gasteiger partial charge < -0.3 is 25.6 Å². The number of aliphatic hydroxyl groups is 1. The summed E-state index contributed by atoms with van der Waals surface area (Å²) in [5.74, 6) is -3.38. The van der Waals surface area contributed by atoms with Gasteiger partial charge in [-0.1, -0.05) is 61.4 Å². The first kappa shape index (κ1) is 39.0. The molecule has 0 saturated carbocycles. The number of halogens is 3.